The summed E-state index contributed by atoms with van der Waals surface area (Å²) in [6, 6.07) is 1.10. The molecule has 0 atom stereocenters. The number of pyridine rings is 1. The fourth-order valence-electron chi connectivity index (χ4n) is 0.830. The minimum atomic E-state index is -2.71. The summed E-state index contributed by atoms with van der Waals surface area (Å²) >= 11 is 6.86. The van der Waals surface area contributed by atoms with E-state index in [4.69, 9.17) is 17.3 Å². The zero-order valence-electron chi connectivity index (χ0n) is 6.60. The molecule has 2 N–H and O–H groups in total. The minimum absolute atomic E-state index is 0.103. The molecule has 76 valence electrons. The van der Waals surface area contributed by atoms with Crippen molar-refractivity contribution in [3.63, 3.8) is 0 Å². The lowest BCUT2D eigenvalue weighted by Crippen LogP contribution is -2.06. The summed E-state index contributed by atoms with van der Waals surface area (Å²) in [5, 5.41) is -0.818. The number of nitrogens with two attached hydrogens (primary N) is 1. The second kappa shape index (κ2) is 4.35. The minimum Gasteiger partial charge on any atom is -0.383 e. The summed E-state index contributed by atoms with van der Waals surface area (Å²) in [7, 11) is 0. The van der Waals surface area contributed by atoms with Gasteiger partial charge in [-0.25, -0.2) is 13.8 Å². The van der Waals surface area contributed by atoms with Gasteiger partial charge in [0, 0.05) is 3.57 Å². The van der Waals surface area contributed by atoms with Crippen LogP contribution in [-0.4, -0.2) is 10.2 Å². The van der Waals surface area contributed by atoms with Crippen molar-refractivity contribution < 1.29 is 13.6 Å². The first-order chi connectivity index (χ1) is 6.43. The number of alkyl halides is 2. The number of nitrogen functional groups attached to an aromatic ring is 1. The molecule has 0 spiro atoms. The van der Waals surface area contributed by atoms with Gasteiger partial charge in [0.15, 0.2) is 0 Å². The molecule has 1 aromatic rings. The monoisotopic (exact) mass is 332 g/mol. The van der Waals surface area contributed by atoms with Gasteiger partial charge in [0.05, 0.1) is 5.56 Å². The lowest BCUT2D eigenvalue weighted by atomic mass is 10.2. The van der Waals surface area contributed by atoms with E-state index in [1.54, 1.807) is 22.6 Å². The topological polar surface area (TPSA) is 56.0 Å². The Kier molecular flexibility index (Phi) is 3.59. The van der Waals surface area contributed by atoms with Gasteiger partial charge in [-0.05, 0) is 40.3 Å². The van der Waals surface area contributed by atoms with Crippen LogP contribution in [0.4, 0.5) is 14.6 Å². The van der Waals surface area contributed by atoms with Crippen molar-refractivity contribution in [3.05, 3.63) is 20.9 Å². The predicted molar refractivity (Wildman–Crippen MR) is 56.5 cm³/mol. The van der Waals surface area contributed by atoms with E-state index in [1.807, 2.05) is 0 Å². The molecule has 0 aliphatic carbocycles. The van der Waals surface area contributed by atoms with Crippen LogP contribution in [0.25, 0.3) is 0 Å². The summed E-state index contributed by atoms with van der Waals surface area (Å²) in [6.07, 6.45) is -2.71. The van der Waals surface area contributed by atoms with E-state index < -0.39 is 17.2 Å². The molecule has 3 nitrogen and oxygen atoms in total. The second-order valence-electron chi connectivity index (χ2n) is 2.37. The Hall–Kier alpha value is -0.500. The van der Waals surface area contributed by atoms with Crippen molar-refractivity contribution in [1.29, 1.82) is 0 Å². The molecule has 1 aromatic heterocycles. The zero-order chi connectivity index (χ0) is 10.9. The first-order valence-electron chi connectivity index (χ1n) is 3.37. The number of anilines is 1. The molecule has 0 aromatic carbocycles. The van der Waals surface area contributed by atoms with Crippen LogP contribution in [0.15, 0.2) is 6.07 Å². The molecular formula is C7H4ClF2IN2O. The Morgan fingerprint density at radius 2 is 2.21 bits per heavy atom. The van der Waals surface area contributed by atoms with Crippen molar-refractivity contribution in [1.82, 2.24) is 4.98 Å². The molecule has 7 heteroatoms. The van der Waals surface area contributed by atoms with Gasteiger partial charge in [0.25, 0.3) is 11.7 Å². The molecule has 14 heavy (non-hydrogen) atoms. The highest BCUT2D eigenvalue weighted by atomic mass is 127. The maximum atomic E-state index is 12.3. The lowest BCUT2D eigenvalue weighted by molar-refractivity contribution is 0.107. The van der Waals surface area contributed by atoms with Crippen molar-refractivity contribution >= 4 is 45.3 Å². The van der Waals surface area contributed by atoms with Crippen molar-refractivity contribution in [2.75, 3.05) is 5.73 Å². The van der Waals surface area contributed by atoms with Crippen LogP contribution in [0.5, 0.6) is 0 Å². The lowest BCUT2D eigenvalue weighted by Gasteiger charge is -2.06. The van der Waals surface area contributed by atoms with Crippen LogP contribution < -0.4 is 5.73 Å². The molecule has 0 unspecified atom stereocenters. The van der Waals surface area contributed by atoms with E-state index in [0.717, 1.165) is 6.07 Å². The number of hydrogen-bond acceptors (Lipinski definition) is 3. The van der Waals surface area contributed by atoms with Crippen molar-refractivity contribution in [3.8, 4) is 0 Å². The van der Waals surface area contributed by atoms with Gasteiger partial charge in [-0.1, -0.05) is 0 Å². The largest absolute Gasteiger partial charge is 0.383 e. The van der Waals surface area contributed by atoms with Crippen LogP contribution >= 0.6 is 34.2 Å². The number of rotatable bonds is 2. The standard InChI is InChI=1S/C7H4ClF2IN2O/c8-5(14)4-3(11)1-2(6(9)10)7(12)13-4/h1,6H,(H2,12,13). The average molecular weight is 332 g/mol. The van der Waals surface area contributed by atoms with E-state index in [-0.39, 0.29) is 15.1 Å². The first kappa shape index (κ1) is 11.6. The van der Waals surface area contributed by atoms with Gasteiger partial charge >= 0.3 is 0 Å². The Bertz CT molecular complexity index is 386. The number of hydrogen-bond donors (Lipinski definition) is 1. The fraction of sp³-hybridized carbons (Fsp3) is 0.143. The molecule has 1 rings (SSSR count). The van der Waals surface area contributed by atoms with Gasteiger partial charge < -0.3 is 5.73 Å². The van der Waals surface area contributed by atoms with E-state index in [1.165, 1.54) is 0 Å². The first-order valence-corrected chi connectivity index (χ1v) is 4.83. The fourth-order valence-corrected chi connectivity index (χ4v) is 1.83. The Morgan fingerprint density at radius 3 is 2.64 bits per heavy atom. The maximum absolute atomic E-state index is 12.3. The number of halogens is 4. The molecular weight excluding hydrogens is 328 g/mol. The highest BCUT2D eigenvalue weighted by Crippen LogP contribution is 2.27. The molecule has 0 bridgehead atoms. The second-order valence-corrected chi connectivity index (χ2v) is 3.87. The summed E-state index contributed by atoms with van der Waals surface area (Å²) in [6.45, 7) is 0. The molecule has 0 aliphatic heterocycles. The molecule has 0 saturated carbocycles. The van der Waals surface area contributed by atoms with Crippen LogP contribution in [0.3, 0.4) is 0 Å². The SMILES string of the molecule is Nc1nc(C(=O)Cl)c(I)cc1C(F)F. The number of carbonyl (C=O) groups is 1. The van der Waals surface area contributed by atoms with Crippen LogP contribution in [0.1, 0.15) is 22.5 Å². The number of aromatic nitrogens is 1. The van der Waals surface area contributed by atoms with E-state index in [2.05, 4.69) is 4.98 Å². The third-order valence-electron chi connectivity index (χ3n) is 1.46. The molecule has 0 saturated heterocycles. The Balaban J connectivity index is 3.31. The number of nitrogens with zero attached hydrogens (tertiary/aromatic N) is 1. The average Bonchev–Trinajstić information content (AvgIpc) is 2.07. The highest BCUT2D eigenvalue weighted by Gasteiger charge is 2.18. The maximum Gasteiger partial charge on any atom is 0.272 e. The molecule has 0 amide bonds. The van der Waals surface area contributed by atoms with Gasteiger partial charge in [0.1, 0.15) is 11.5 Å². The van der Waals surface area contributed by atoms with E-state index in [9.17, 15) is 13.6 Å². The molecule has 0 radical (unpaired) electrons. The van der Waals surface area contributed by atoms with E-state index >= 15 is 0 Å². The van der Waals surface area contributed by atoms with Gasteiger partial charge in [0.2, 0.25) is 0 Å². The number of carbonyl (C=O) groups excluding carboxylic acids is 1. The highest BCUT2D eigenvalue weighted by molar-refractivity contribution is 14.1. The quantitative estimate of drug-likeness (QED) is 0.669. The van der Waals surface area contributed by atoms with Crippen LogP contribution in [-0.2, 0) is 0 Å². The summed E-state index contributed by atoms with van der Waals surface area (Å²) in [5.74, 6) is -0.371. The third-order valence-corrected chi connectivity index (χ3v) is 2.46. The normalized spacial score (nSPS) is 10.6. The zero-order valence-corrected chi connectivity index (χ0v) is 9.51. The van der Waals surface area contributed by atoms with Crippen molar-refractivity contribution in [2.45, 2.75) is 6.43 Å². The Labute approximate surface area is 96.8 Å². The smallest absolute Gasteiger partial charge is 0.272 e. The predicted octanol–water partition coefficient (Wildman–Crippen LogP) is 2.58. The van der Waals surface area contributed by atoms with E-state index in [0.29, 0.717) is 0 Å². The van der Waals surface area contributed by atoms with Gasteiger partial charge in [-0.2, -0.15) is 0 Å². The Morgan fingerprint density at radius 1 is 1.64 bits per heavy atom. The summed E-state index contributed by atoms with van der Waals surface area (Å²) in [4.78, 5) is 14.3. The van der Waals surface area contributed by atoms with Gasteiger partial charge in [-0.15, -0.1) is 0 Å². The van der Waals surface area contributed by atoms with Crippen molar-refractivity contribution in [2.24, 2.45) is 0 Å². The van der Waals surface area contributed by atoms with Crippen LogP contribution in [0, 0.1) is 3.57 Å². The van der Waals surface area contributed by atoms with Gasteiger partial charge in [-0.3, -0.25) is 4.79 Å². The summed E-state index contributed by atoms with van der Waals surface area (Å²) < 4.78 is 24.9. The molecule has 0 fully saturated rings. The third kappa shape index (κ3) is 2.30. The van der Waals surface area contributed by atoms with Crippen LogP contribution in [0.2, 0.25) is 0 Å². The molecule has 0 aliphatic rings. The molecule has 1 heterocycles. The summed E-state index contributed by atoms with van der Waals surface area (Å²) in [5.41, 5.74) is 4.73.